The van der Waals surface area contributed by atoms with Gasteiger partial charge in [0.05, 0.1) is 6.42 Å². The maximum atomic E-state index is 13.9. The molecule has 0 radical (unpaired) electrons. The van der Waals surface area contributed by atoms with Crippen molar-refractivity contribution in [1.29, 1.82) is 0 Å². The summed E-state index contributed by atoms with van der Waals surface area (Å²) in [7, 11) is 0. The molecule has 0 aliphatic carbocycles. The second-order valence-corrected chi connectivity index (χ2v) is 5.91. The Hall–Kier alpha value is -1.95. The van der Waals surface area contributed by atoms with E-state index in [1.807, 2.05) is 25.7 Å². The number of nitrogens with zero attached hydrogens (tertiary/aromatic N) is 1. The minimum atomic E-state index is -0.907. The predicted molar refractivity (Wildman–Crippen MR) is 77.3 cm³/mol. The molecule has 3 N–H and O–H groups in total. The number of primary amides is 1. The Kier molecular flexibility index (Phi) is 5.43. The summed E-state index contributed by atoms with van der Waals surface area (Å²) in [6.45, 7) is 6.27. The summed E-state index contributed by atoms with van der Waals surface area (Å²) in [5.74, 6) is -1.97. The van der Waals surface area contributed by atoms with Crippen molar-refractivity contribution >= 4 is 11.9 Å². The van der Waals surface area contributed by atoms with Gasteiger partial charge in [0, 0.05) is 29.8 Å². The number of aliphatic carboxylic acids is 1. The highest BCUT2D eigenvalue weighted by molar-refractivity contribution is 5.92. The van der Waals surface area contributed by atoms with Gasteiger partial charge in [-0.2, -0.15) is 0 Å². The van der Waals surface area contributed by atoms with Gasteiger partial charge in [0.15, 0.2) is 0 Å². The van der Waals surface area contributed by atoms with Crippen LogP contribution in [0.25, 0.3) is 0 Å². The highest BCUT2D eigenvalue weighted by Gasteiger charge is 2.23. The number of benzene rings is 1. The van der Waals surface area contributed by atoms with E-state index in [-0.39, 0.29) is 24.1 Å². The Bertz CT molecular complexity index is 538. The molecule has 0 bridgehead atoms. The molecule has 5 nitrogen and oxygen atoms in total. The van der Waals surface area contributed by atoms with Crippen LogP contribution in [0, 0.1) is 5.82 Å². The Morgan fingerprint density at radius 3 is 2.43 bits per heavy atom. The van der Waals surface area contributed by atoms with Crippen LogP contribution in [0.15, 0.2) is 18.2 Å². The van der Waals surface area contributed by atoms with Crippen LogP contribution in [0.4, 0.5) is 4.39 Å². The van der Waals surface area contributed by atoms with Crippen LogP contribution in [0.2, 0.25) is 0 Å². The Labute approximate surface area is 123 Å². The van der Waals surface area contributed by atoms with Crippen molar-refractivity contribution in [2.45, 2.75) is 39.3 Å². The lowest BCUT2D eigenvalue weighted by Gasteiger charge is -2.35. The number of carboxylic acids is 1. The number of carboxylic acid groups (broad SMARTS) is 1. The predicted octanol–water partition coefficient (Wildman–Crippen LogP) is 2.00. The molecule has 6 heteroatoms. The topological polar surface area (TPSA) is 83.6 Å². The molecule has 0 heterocycles. The summed E-state index contributed by atoms with van der Waals surface area (Å²) in [4.78, 5) is 23.8. The fourth-order valence-corrected chi connectivity index (χ4v) is 1.94. The number of hydrogen-bond donors (Lipinski definition) is 2. The Morgan fingerprint density at radius 2 is 1.95 bits per heavy atom. The lowest BCUT2D eigenvalue weighted by molar-refractivity contribution is -0.137. The average Bonchev–Trinajstić information content (AvgIpc) is 2.34. The fourth-order valence-electron chi connectivity index (χ4n) is 1.94. The standard InChI is InChI=1S/C15H21FN2O3/c1-15(2,3)18(7-6-13(19)20)9-11-8-10(14(17)21)4-5-12(11)16/h4-5,8H,6-7,9H2,1-3H3,(H2,17,21)(H,19,20). The molecule has 0 saturated carbocycles. The molecule has 1 rings (SSSR count). The smallest absolute Gasteiger partial charge is 0.304 e. The summed E-state index contributed by atoms with van der Waals surface area (Å²) in [6, 6.07) is 3.95. The molecule has 1 aromatic carbocycles. The molecule has 116 valence electrons. The SMILES string of the molecule is CC(C)(C)N(CCC(=O)O)Cc1cc(C(N)=O)ccc1F. The first-order valence-corrected chi connectivity index (χ1v) is 6.66. The molecule has 0 fully saturated rings. The maximum Gasteiger partial charge on any atom is 0.304 e. The van der Waals surface area contributed by atoms with Gasteiger partial charge in [-0.3, -0.25) is 14.5 Å². The van der Waals surface area contributed by atoms with E-state index in [1.165, 1.54) is 18.2 Å². The molecule has 0 saturated heterocycles. The van der Waals surface area contributed by atoms with Crippen LogP contribution < -0.4 is 5.73 Å². The molecule has 1 amide bonds. The minimum absolute atomic E-state index is 0.0333. The molecule has 0 atom stereocenters. The number of amides is 1. The molecular weight excluding hydrogens is 275 g/mol. The third-order valence-corrected chi connectivity index (χ3v) is 3.24. The van der Waals surface area contributed by atoms with Gasteiger partial charge in [-0.1, -0.05) is 0 Å². The number of carbonyl (C=O) groups is 2. The van der Waals surface area contributed by atoms with Crippen LogP contribution in [0.3, 0.4) is 0 Å². The van der Waals surface area contributed by atoms with Gasteiger partial charge >= 0.3 is 5.97 Å². The van der Waals surface area contributed by atoms with E-state index in [1.54, 1.807) is 0 Å². The maximum absolute atomic E-state index is 13.9. The number of hydrogen-bond acceptors (Lipinski definition) is 3. The summed E-state index contributed by atoms with van der Waals surface area (Å²) in [6.07, 6.45) is -0.0333. The van der Waals surface area contributed by atoms with Crippen LogP contribution in [0.5, 0.6) is 0 Å². The van der Waals surface area contributed by atoms with E-state index in [2.05, 4.69) is 0 Å². The molecule has 1 aromatic rings. The molecule has 21 heavy (non-hydrogen) atoms. The highest BCUT2D eigenvalue weighted by Crippen LogP contribution is 2.20. The summed E-state index contributed by atoms with van der Waals surface area (Å²) >= 11 is 0. The number of carbonyl (C=O) groups excluding carboxylic acids is 1. The summed E-state index contributed by atoms with van der Waals surface area (Å²) in [5, 5.41) is 8.80. The van der Waals surface area contributed by atoms with E-state index in [0.29, 0.717) is 12.1 Å². The molecule has 0 spiro atoms. The minimum Gasteiger partial charge on any atom is -0.481 e. The van der Waals surface area contributed by atoms with Crippen molar-refractivity contribution in [1.82, 2.24) is 4.90 Å². The van der Waals surface area contributed by atoms with Gasteiger partial charge in [-0.25, -0.2) is 4.39 Å². The monoisotopic (exact) mass is 296 g/mol. The first kappa shape index (κ1) is 17.1. The van der Waals surface area contributed by atoms with Gasteiger partial charge in [-0.05, 0) is 39.0 Å². The number of halogens is 1. The first-order chi connectivity index (χ1) is 9.61. The molecule has 0 aromatic heterocycles. The van der Waals surface area contributed by atoms with Crippen LogP contribution in [-0.4, -0.2) is 34.0 Å². The quantitative estimate of drug-likeness (QED) is 0.841. The lowest BCUT2D eigenvalue weighted by Crippen LogP contribution is -2.42. The van der Waals surface area contributed by atoms with Gasteiger partial charge < -0.3 is 10.8 Å². The van der Waals surface area contributed by atoms with Crippen molar-refractivity contribution < 1.29 is 19.1 Å². The van der Waals surface area contributed by atoms with Crippen molar-refractivity contribution in [3.63, 3.8) is 0 Å². The highest BCUT2D eigenvalue weighted by atomic mass is 19.1. The number of nitrogens with two attached hydrogens (primary N) is 1. The molecular formula is C15H21FN2O3. The lowest BCUT2D eigenvalue weighted by atomic mass is 10.0. The van der Waals surface area contributed by atoms with E-state index in [0.717, 1.165) is 0 Å². The third-order valence-electron chi connectivity index (χ3n) is 3.24. The largest absolute Gasteiger partial charge is 0.481 e. The zero-order valence-electron chi connectivity index (χ0n) is 12.5. The van der Waals surface area contributed by atoms with E-state index in [4.69, 9.17) is 10.8 Å². The zero-order chi connectivity index (χ0) is 16.2. The van der Waals surface area contributed by atoms with Crippen LogP contribution in [-0.2, 0) is 11.3 Å². The summed E-state index contributed by atoms with van der Waals surface area (Å²) in [5.41, 5.74) is 5.43. The number of rotatable bonds is 6. The van der Waals surface area contributed by atoms with Gasteiger partial charge in [-0.15, -0.1) is 0 Å². The van der Waals surface area contributed by atoms with Gasteiger partial charge in [0.2, 0.25) is 5.91 Å². The Morgan fingerprint density at radius 1 is 1.33 bits per heavy atom. The van der Waals surface area contributed by atoms with Gasteiger partial charge in [0.1, 0.15) is 5.82 Å². The Balaban J connectivity index is 3.00. The van der Waals surface area contributed by atoms with E-state index >= 15 is 0 Å². The first-order valence-electron chi connectivity index (χ1n) is 6.66. The van der Waals surface area contributed by atoms with Crippen LogP contribution >= 0.6 is 0 Å². The summed E-state index contributed by atoms with van der Waals surface area (Å²) < 4.78 is 13.9. The van der Waals surface area contributed by atoms with Crippen LogP contribution in [0.1, 0.15) is 43.1 Å². The van der Waals surface area contributed by atoms with Gasteiger partial charge in [0.25, 0.3) is 0 Å². The van der Waals surface area contributed by atoms with E-state index in [9.17, 15) is 14.0 Å². The van der Waals surface area contributed by atoms with E-state index < -0.39 is 17.7 Å². The second kappa shape index (κ2) is 6.67. The molecule has 0 aliphatic rings. The normalized spacial score (nSPS) is 11.7. The van der Waals surface area contributed by atoms with Crippen molar-refractivity contribution in [2.75, 3.05) is 6.54 Å². The fraction of sp³-hybridized carbons (Fsp3) is 0.467. The third kappa shape index (κ3) is 5.15. The van der Waals surface area contributed by atoms with Crippen molar-refractivity contribution in [3.05, 3.63) is 35.1 Å². The van der Waals surface area contributed by atoms with Crippen molar-refractivity contribution in [3.8, 4) is 0 Å². The second-order valence-electron chi connectivity index (χ2n) is 5.91. The van der Waals surface area contributed by atoms with Crippen molar-refractivity contribution in [2.24, 2.45) is 5.73 Å². The average molecular weight is 296 g/mol. The molecule has 0 unspecified atom stereocenters. The molecule has 0 aliphatic heterocycles. The zero-order valence-corrected chi connectivity index (χ0v) is 12.5.